The Kier molecular flexibility index (Phi) is 5.30. The van der Waals surface area contributed by atoms with Crippen molar-refractivity contribution in [3.8, 4) is 5.75 Å². The van der Waals surface area contributed by atoms with E-state index in [0.29, 0.717) is 5.56 Å². The Hall–Kier alpha value is -2.86. The van der Waals surface area contributed by atoms with Crippen molar-refractivity contribution in [2.75, 3.05) is 0 Å². The summed E-state index contributed by atoms with van der Waals surface area (Å²) in [7, 11) is 0. The summed E-state index contributed by atoms with van der Waals surface area (Å²) in [6.45, 7) is 1.79. The Bertz CT molecular complexity index is 913. The first kappa shape index (κ1) is 17.0. The topological polar surface area (TPSA) is 74.6 Å². The number of carbonyl (C=O) groups excluding carboxylic acids is 1. The summed E-state index contributed by atoms with van der Waals surface area (Å²) >= 11 is 1.36. The van der Waals surface area contributed by atoms with E-state index in [1.807, 2.05) is 48.5 Å². The van der Waals surface area contributed by atoms with Gasteiger partial charge in [-0.1, -0.05) is 48.2 Å². The predicted octanol–water partition coefficient (Wildman–Crippen LogP) is 3.57. The second-order valence-electron chi connectivity index (χ2n) is 5.38. The molecule has 0 spiro atoms. The highest BCUT2D eigenvalue weighted by molar-refractivity contribution is 8.00. The van der Waals surface area contributed by atoms with Crippen LogP contribution in [0.2, 0.25) is 0 Å². The molecule has 2 aromatic carbocycles. The molecule has 0 radical (unpaired) electrons. The first-order chi connectivity index (χ1) is 12.1. The zero-order chi connectivity index (χ0) is 17.6. The van der Waals surface area contributed by atoms with Gasteiger partial charge in [-0.15, -0.1) is 0 Å². The van der Waals surface area contributed by atoms with Crippen molar-refractivity contribution < 1.29 is 9.90 Å². The van der Waals surface area contributed by atoms with E-state index in [1.54, 1.807) is 19.2 Å². The molecule has 1 amide bonds. The van der Waals surface area contributed by atoms with E-state index in [2.05, 4.69) is 15.5 Å². The lowest BCUT2D eigenvalue weighted by molar-refractivity contribution is -0.120. The number of phenols is 1. The van der Waals surface area contributed by atoms with Crippen LogP contribution in [0.5, 0.6) is 5.75 Å². The van der Waals surface area contributed by atoms with Crippen molar-refractivity contribution in [3.63, 3.8) is 0 Å². The van der Waals surface area contributed by atoms with Crippen molar-refractivity contribution in [3.05, 3.63) is 66.4 Å². The number of fused-ring (bicyclic) bond motifs is 1. The average molecular weight is 351 g/mol. The van der Waals surface area contributed by atoms with Crippen LogP contribution in [0.1, 0.15) is 12.5 Å². The molecule has 0 saturated carbocycles. The molecule has 0 saturated heterocycles. The summed E-state index contributed by atoms with van der Waals surface area (Å²) in [5, 5.41) is 16.4. The number of hydrazone groups is 1. The molecule has 0 aliphatic carbocycles. The second kappa shape index (κ2) is 7.81. The van der Waals surface area contributed by atoms with Gasteiger partial charge in [0, 0.05) is 11.8 Å². The standard InChI is InChI=1S/C19H17N3O2S/c1-13(25-18-8-4-5-11-20-18)19(24)22-21-12-16-15-7-3-2-6-14(15)9-10-17(16)23/h2-13,23H,1H3,(H,22,24)/b21-12+/t13-/m1/s1. The molecule has 5 nitrogen and oxygen atoms in total. The number of aromatic nitrogens is 1. The molecule has 126 valence electrons. The van der Waals surface area contributed by atoms with Crippen LogP contribution in [-0.2, 0) is 4.79 Å². The fourth-order valence-corrected chi connectivity index (χ4v) is 3.12. The highest BCUT2D eigenvalue weighted by Gasteiger charge is 2.14. The van der Waals surface area contributed by atoms with Crippen LogP contribution in [0.25, 0.3) is 10.8 Å². The van der Waals surface area contributed by atoms with E-state index in [1.165, 1.54) is 18.0 Å². The van der Waals surface area contributed by atoms with Crippen molar-refractivity contribution in [1.29, 1.82) is 0 Å². The van der Waals surface area contributed by atoms with E-state index in [4.69, 9.17) is 0 Å². The van der Waals surface area contributed by atoms with E-state index >= 15 is 0 Å². The summed E-state index contributed by atoms with van der Waals surface area (Å²) in [5.74, 6) is -0.112. The first-order valence-electron chi connectivity index (χ1n) is 7.76. The lowest BCUT2D eigenvalue weighted by Gasteiger charge is -2.08. The number of nitrogens with one attached hydrogen (secondary N) is 1. The van der Waals surface area contributed by atoms with Gasteiger partial charge in [-0.25, -0.2) is 10.4 Å². The lowest BCUT2D eigenvalue weighted by Crippen LogP contribution is -2.26. The molecule has 25 heavy (non-hydrogen) atoms. The molecule has 3 aromatic rings. The smallest absolute Gasteiger partial charge is 0.253 e. The maximum Gasteiger partial charge on any atom is 0.253 e. The molecule has 0 unspecified atom stereocenters. The number of aromatic hydroxyl groups is 1. The minimum absolute atomic E-state index is 0.118. The number of carbonyl (C=O) groups is 1. The van der Waals surface area contributed by atoms with Crippen molar-refractivity contribution in [2.24, 2.45) is 5.10 Å². The van der Waals surface area contributed by atoms with Crippen molar-refractivity contribution in [1.82, 2.24) is 10.4 Å². The monoisotopic (exact) mass is 351 g/mol. The third-order valence-corrected chi connectivity index (χ3v) is 4.67. The Morgan fingerprint density at radius 3 is 2.80 bits per heavy atom. The number of thioether (sulfide) groups is 1. The molecular formula is C19H17N3O2S. The van der Waals surface area contributed by atoms with Gasteiger partial charge >= 0.3 is 0 Å². The minimum atomic E-state index is -0.340. The van der Waals surface area contributed by atoms with Gasteiger partial charge in [-0.3, -0.25) is 4.79 Å². The SMILES string of the molecule is C[C@@H](Sc1ccccn1)C(=O)N/N=C/c1c(O)ccc2ccccc12. The van der Waals surface area contributed by atoms with Gasteiger partial charge < -0.3 is 5.11 Å². The van der Waals surface area contributed by atoms with Crippen LogP contribution in [0, 0.1) is 0 Å². The van der Waals surface area contributed by atoms with Crippen LogP contribution >= 0.6 is 11.8 Å². The molecule has 6 heteroatoms. The number of phenolic OH excluding ortho intramolecular Hbond substituents is 1. The number of rotatable bonds is 5. The molecule has 1 heterocycles. The zero-order valence-electron chi connectivity index (χ0n) is 13.6. The molecule has 1 aromatic heterocycles. The third kappa shape index (κ3) is 4.16. The minimum Gasteiger partial charge on any atom is -0.507 e. The largest absolute Gasteiger partial charge is 0.507 e. The van der Waals surface area contributed by atoms with Gasteiger partial charge in [-0.2, -0.15) is 5.10 Å². The molecule has 0 aliphatic rings. The number of nitrogens with zero attached hydrogens (tertiary/aromatic N) is 2. The fraction of sp³-hybridized carbons (Fsp3) is 0.105. The second-order valence-corrected chi connectivity index (χ2v) is 6.74. The molecule has 2 N–H and O–H groups in total. The van der Waals surface area contributed by atoms with Gasteiger partial charge in [0.25, 0.3) is 5.91 Å². The summed E-state index contributed by atoms with van der Waals surface area (Å²) in [4.78, 5) is 16.3. The van der Waals surface area contributed by atoms with Gasteiger partial charge in [0.15, 0.2) is 0 Å². The quantitative estimate of drug-likeness (QED) is 0.419. The van der Waals surface area contributed by atoms with Gasteiger partial charge in [-0.05, 0) is 35.9 Å². The number of pyridine rings is 1. The van der Waals surface area contributed by atoms with Gasteiger partial charge in [0.2, 0.25) is 0 Å². The summed E-state index contributed by atoms with van der Waals surface area (Å²) in [6, 6.07) is 16.7. The molecule has 0 bridgehead atoms. The van der Waals surface area contributed by atoms with Crippen LogP contribution in [0.4, 0.5) is 0 Å². The predicted molar refractivity (Wildman–Crippen MR) is 101 cm³/mol. The molecule has 0 aliphatic heterocycles. The fourth-order valence-electron chi connectivity index (χ4n) is 2.32. The van der Waals surface area contributed by atoms with Crippen LogP contribution < -0.4 is 5.43 Å². The number of hydrogen-bond donors (Lipinski definition) is 2. The van der Waals surface area contributed by atoms with Crippen molar-refractivity contribution >= 4 is 34.7 Å². The summed E-state index contributed by atoms with van der Waals surface area (Å²) in [5.41, 5.74) is 3.09. The number of amides is 1. The molecule has 3 rings (SSSR count). The van der Waals surface area contributed by atoms with Crippen molar-refractivity contribution in [2.45, 2.75) is 17.2 Å². The van der Waals surface area contributed by atoms with Gasteiger partial charge in [0.05, 0.1) is 16.5 Å². The highest BCUT2D eigenvalue weighted by Crippen LogP contribution is 2.25. The Morgan fingerprint density at radius 2 is 2.00 bits per heavy atom. The Labute approximate surface area is 149 Å². The van der Waals surface area contributed by atoms with Gasteiger partial charge in [0.1, 0.15) is 5.75 Å². The molecule has 1 atom stereocenters. The number of hydrogen-bond acceptors (Lipinski definition) is 5. The van der Waals surface area contributed by atoms with E-state index in [9.17, 15) is 9.90 Å². The normalized spacial score (nSPS) is 12.4. The highest BCUT2D eigenvalue weighted by atomic mass is 32.2. The van der Waals surface area contributed by atoms with Crippen LogP contribution in [0.15, 0.2) is 70.9 Å². The first-order valence-corrected chi connectivity index (χ1v) is 8.64. The van der Waals surface area contributed by atoms with Crippen LogP contribution in [-0.4, -0.2) is 27.5 Å². The maximum absolute atomic E-state index is 12.2. The number of benzene rings is 2. The summed E-state index contributed by atoms with van der Waals surface area (Å²) < 4.78 is 0. The molecular weight excluding hydrogens is 334 g/mol. The zero-order valence-corrected chi connectivity index (χ0v) is 14.4. The Morgan fingerprint density at radius 1 is 1.20 bits per heavy atom. The van der Waals surface area contributed by atoms with Crippen LogP contribution in [0.3, 0.4) is 0 Å². The van der Waals surface area contributed by atoms with E-state index in [-0.39, 0.29) is 16.9 Å². The lowest BCUT2D eigenvalue weighted by atomic mass is 10.0. The Balaban J connectivity index is 1.69. The van der Waals surface area contributed by atoms with E-state index in [0.717, 1.165) is 15.8 Å². The third-order valence-electron chi connectivity index (χ3n) is 3.62. The van der Waals surface area contributed by atoms with E-state index < -0.39 is 0 Å². The maximum atomic E-state index is 12.2. The molecule has 0 fully saturated rings. The average Bonchev–Trinajstić information content (AvgIpc) is 2.64. The summed E-state index contributed by atoms with van der Waals surface area (Å²) in [6.07, 6.45) is 3.15.